The van der Waals surface area contributed by atoms with E-state index >= 15 is 0 Å². The van der Waals surface area contributed by atoms with Crippen molar-refractivity contribution in [3.8, 4) is 0 Å². The van der Waals surface area contributed by atoms with Crippen molar-refractivity contribution in [1.82, 2.24) is 14.8 Å². The van der Waals surface area contributed by atoms with Gasteiger partial charge in [0, 0.05) is 34.7 Å². The Morgan fingerprint density at radius 3 is 2.96 bits per heavy atom. The Bertz CT molecular complexity index is 907. The molecule has 0 aromatic carbocycles. The van der Waals surface area contributed by atoms with Crippen molar-refractivity contribution < 1.29 is 14.7 Å². The predicted molar refractivity (Wildman–Crippen MR) is 108 cm³/mol. The highest BCUT2D eigenvalue weighted by Crippen LogP contribution is 2.45. The van der Waals surface area contributed by atoms with Gasteiger partial charge in [-0.25, -0.2) is 9.78 Å². The number of likely N-dealkylation sites (N-methyl/N-ethyl adjacent to an activating group) is 1. The molecule has 4 rings (SSSR count). The van der Waals surface area contributed by atoms with Crippen molar-refractivity contribution in [3.63, 3.8) is 0 Å². The zero-order valence-corrected chi connectivity index (χ0v) is 17.1. The number of hydrogen-bond donors (Lipinski definition) is 2. The van der Waals surface area contributed by atoms with Crippen LogP contribution >= 0.6 is 34.9 Å². The fourth-order valence-corrected chi connectivity index (χ4v) is 6.45. The number of carboxylic acid groups (broad SMARTS) is 1. The monoisotopic (exact) mass is 422 g/mol. The molecule has 1 aromatic heterocycles. The Hall–Kier alpha value is -1.75. The highest BCUT2D eigenvalue weighted by Gasteiger charge is 2.52. The first-order valence-corrected chi connectivity index (χ1v) is 11.0. The van der Waals surface area contributed by atoms with Crippen LogP contribution in [-0.2, 0) is 9.59 Å². The van der Waals surface area contributed by atoms with Crippen molar-refractivity contribution >= 4 is 52.3 Å². The number of β-lactam (4-membered cyclic amide) rings is 1. The van der Waals surface area contributed by atoms with Gasteiger partial charge in [-0.1, -0.05) is 17.8 Å². The lowest BCUT2D eigenvalue weighted by atomic mass is 10.1. The molecule has 27 heavy (non-hydrogen) atoms. The molecule has 0 spiro atoms. The maximum absolute atomic E-state index is 12.0. The molecule has 3 N–H and O–H groups in total. The van der Waals surface area contributed by atoms with Crippen LogP contribution in [0.3, 0.4) is 0 Å². The fourth-order valence-electron chi connectivity index (χ4n) is 3.05. The largest absolute Gasteiger partial charge is 0.477 e. The second-order valence-electron chi connectivity index (χ2n) is 6.46. The van der Waals surface area contributed by atoms with Gasteiger partial charge in [0.1, 0.15) is 17.1 Å². The van der Waals surface area contributed by atoms with Crippen molar-refractivity contribution in [3.05, 3.63) is 40.0 Å². The van der Waals surface area contributed by atoms with E-state index in [2.05, 4.69) is 22.9 Å². The van der Waals surface area contributed by atoms with Crippen molar-refractivity contribution in [2.45, 2.75) is 28.7 Å². The van der Waals surface area contributed by atoms with Crippen LogP contribution in [0, 0.1) is 0 Å². The summed E-state index contributed by atoms with van der Waals surface area (Å²) >= 11 is 4.29. The van der Waals surface area contributed by atoms with E-state index in [1.54, 1.807) is 0 Å². The van der Waals surface area contributed by atoms with E-state index < -0.39 is 12.0 Å². The van der Waals surface area contributed by atoms with E-state index in [-0.39, 0.29) is 23.0 Å². The predicted octanol–water partition coefficient (Wildman–Crippen LogP) is 2.00. The minimum absolute atomic E-state index is 0.0409. The summed E-state index contributed by atoms with van der Waals surface area (Å²) in [6.45, 7) is 2.11. The molecular weight excluding hydrogens is 404 g/mol. The highest BCUT2D eigenvalue weighted by molar-refractivity contribution is 8.07. The quantitative estimate of drug-likeness (QED) is 0.711. The molecule has 10 heteroatoms. The Balaban J connectivity index is 1.58. The number of hydrogen-bond acceptors (Lipinski definition) is 8. The molecule has 0 aliphatic carbocycles. The molecule has 3 aliphatic heterocycles. The van der Waals surface area contributed by atoms with Crippen LogP contribution in [0.15, 0.2) is 38.7 Å². The molecule has 7 nitrogen and oxygen atoms in total. The summed E-state index contributed by atoms with van der Waals surface area (Å²) in [6.07, 6.45) is 6.19. The van der Waals surface area contributed by atoms with Crippen molar-refractivity contribution in [2.75, 3.05) is 12.8 Å². The van der Waals surface area contributed by atoms with Crippen molar-refractivity contribution in [1.29, 1.82) is 0 Å². The lowest BCUT2D eigenvalue weighted by Gasteiger charge is -2.47. The van der Waals surface area contributed by atoms with Gasteiger partial charge in [0.15, 0.2) is 4.34 Å². The Labute approximate surface area is 169 Å². The van der Waals surface area contributed by atoms with Gasteiger partial charge in [-0.2, -0.15) is 0 Å². The maximum Gasteiger partial charge on any atom is 0.353 e. The van der Waals surface area contributed by atoms with E-state index in [9.17, 15) is 14.7 Å². The number of carboxylic acids is 1. The van der Waals surface area contributed by atoms with Crippen LogP contribution in [0.25, 0.3) is 5.57 Å². The topological polar surface area (TPSA) is 99.8 Å². The summed E-state index contributed by atoms with van der Waals surface area (Å²) < 4.78 is 0.760. The molecule has 4 heterocycles. The molecule has 142 valence electrons. The lowest BCUT2D eigenvalue weighted by Crippen LogP contribution is -2.68. The van der Waals surface area contributed by atoms with Crippen LogP contribution in [-0.4, -0.2) is 62.0 Å². The molecule has 0 bridgehead atoms. The second-order valence-corrected chi connectivity index (χ2v) is 9.76. The molecule has 1 unspecified atom stereocenters. The van der Waals surface area contributed by atoms with Crippen LogP contribution in [0.5, 0.6) is 0 Å². The number of aromatic nitrogens is 1. The number of carbonyl (C=O) groups is 2. The SMILES string of the molecule is CC1C=C(c2csc(SC3=C(C(=O)O)N4C(=O)[C@@H](N)[C@H]4SC3)n2)C=CN1C. The molecule has 0 radical (unpaired) electrons. The second kappa shape index (κ2) is 7.01. The van der Waals surface area contributed by atoms with E-state index in [4.69, 9.17) is 5.73 Å². The third kappa shape index (κ3) is 3.20. The summed E-state index contributed by atoms with van der Waals surface area (Å²) in [5.41, 5.74) is 7.75. The zero-order valence-electron chi connectivity index (χ0n) is 14.7. The van der Waals surface area contributed by atoms with Crippen LogP contribution < -0.4 is 5.73 Å². The van der Waals surface area contributed by atoms with Gasteiger partial charge in [-0.05, 0) is 19.2 Å². The van der Waals surface area contributed by atoms with Gasteiger partial charge in [-0.15, -0.1) is 23.1 Å². The number of amides is 1. The molecule has 1 amide bonds. The molecule has 1 saturated heterocycles. The molecular formula is C17H18N4O3S3. The molecule has 3 atom stereocenters. The number of thioether (sulfide) groups is 2. The number of nitrogens with two attached hydrogens (primary N) is 1. The summed E-state index contributed by atoms with van der Waals surface area (Å²) in [6, 6.07) is -0.329. The van der Waals surface area contributed by atoms with Gasteiger partial charge < -0.3 is 15.7 Å². The first kappa shape index (κ1) is 18.6. The highest BCUT2D eigenvalue weighted by atomic mass is 32.2. The van der Waals surface area contributed by atoms with Crippen molar-refractivity contribution in [2.24, 2.45) is 5.73 Å². The van der Waals surface area contributed by atoms with Gasteiger partial charge in [0.25, 0.3) is 0 Å². The van der Waals surface area contributed by atoms with Gasteiger partial charge >= 0.3 is 5.97 Å². The first-order chi connectivity index (χ1) is 12.9. The molecule has 3 aliphatic rings. The lowest BCUT2D eigenvalue weighted by molar-refractivity contribution is -0.147. The number of rotatable bonds is 4. The smallest absolute Gasteiger partial charge is 0.353 e. The van der Waals surface area contributed by atoms with Crippen LogP contribution in [0.1, 0.15) is 12.6 Å². The third-order valence-corrected chi connectivity index (χ3v) is 8.23. The Morgan fingerprint density at radius 2 is 2.26 bits per heavy atom. The van der Waals surface area contributed by atoms with Gasteiger partial charge in [0.2, 0.25) is 5.91 Å². The molecule has 0 saturated carbocycles. The summed E-state index contributed by atoms with van der Waals surface area (Å²) in [5, 5.41) is 11.3. The number of allylic oxidation sites excluding steroid dienone is 2. The maximum atomic E-state index is 12.0. The standard InChI is InChI=1S/C17H18N4O3S3/c1-8-5-9(3-4-20(8)2)10-6-26-17(19-10)27-11-7-25-15-12(18)14(22)21(15)13(11)16(23)24/h3-6,8,12,15H,7,18H2,1-2H3,(H,23,24)/t8?,12-,15-/m1/s1. The first-order valence-electron chi connectivity index (χ1n) is 8.29. The van der Waals surface area contributed by atoms with Crippen LogP contribution in [0.2, 0.25) is 0 Å². The number of nitrogens with zero attached hydrogens (tertiary/aromatic N) is 3. The minimum Gasteiger partial charge on any atom is -0.477 e. The van der Waals surface area contributed by atoms with E-state index in [0.29, 0.717) is 10.7 Å². The normalized spacial score (nSPS) is 27.4. The number of aliphatic carboxylic acids is 1. The Kier molecular flexibility index (Phi) is 4.83. The summed E-state index contributed by atoms with van der Waals surface area (Å²) in [5.74, 6) is -0.930. The minimum atomic E-state index is -1.10. The van der Waals surface area contributed by atoms with Gasteiger partial charge in [0.05, 0.1) is 5.69 Å². The zero-order chi connectivity index (χ0) is 19.3. The van der Waals surface area contributed by atoms with E-state index in [1.165, 1.54) is 39.8 Å². The average Bonchev–Trinajstić information content (AvgIpc) is 3.11. The average molecular weight is 423 g/mol. The van der Waals surface area contributed by atoms with Crippen LogP contribution in [0.4, 0.5) is 0 Å². The van der Waals surface area contributed by atoms with E-state index in [0.717, 1.165) is 15.6 Å². The number of thiazole rings is 1. The third-order valence-electron chi connectivity index (χ3n) is 4.72. The number of fused-ring (bicyclic) bond motifs is 1. The molecule has 1 aromatic rings. The summed E-state index contributed by atoms with van der Waals surface area (Å²) in [7, 11) is 2.02. The number of carbonyl (C=O) groups excluding carboxylic acids is 1. The summed E-state index contributed by atoms with van der Waals surface area (Å²) in [4.78, 5) is 32.5. The van der Waals surface area contributed by atoms with Gasteiger partial charge in [-0.3, -0.25) is 9.69 Å². The Morgan fingerprint density at radius 1 is 1.48 bits per heavy atom. The molecule has 1 fully saturated rings. The van der Waals surface area contributed by atoms with E-state index in [1.807, 2.05) is 24.7 Å². The fraction of sp³-hybridized carbons (Fsp3) is 0.353.